The van der Waals surface area contributed by atoms with Crippen molar-refractivity contribution in [3.05, 3.63) is 48.5 Å². The summed E-state index contributed by atoms with van der Waals surface area (Å²) in [5.74, 6) is 0.667. The van der Waals surface area contributed by atoms with E-state index in [1.807, 2.05) is 30.3 Å². The molecule has 10 nitrogen and oxygen atoms in total. The number of H-pyrrole nitrogens is 1. The molecule has 1 fully saturated rings. The molecule has 1 amide bonds. The summed E-state index contributed by atoms with van der Waals surface area (Å²) in [7, 11) is -2.25. The van der Waals surface area contributed by atoms with Crippen LogP contribution < -0.4 is 10.1 Å². The number of rotatable bonds is 8. The molecule has 0 atom stereocenters. The second-order valence-corrected chi connectivity index (χ2v) is 9.93. The van der Waals surface area contributed by atoms with E-state index in [1.165, 1.54) is 29.6 Å². The molecule has 12 heteroatoms. The SMILES string of the molecule is COc1ccc(S(=O)(=O)N2CCOCC2)cc1NC(=O)CSc1n[nH]c(-c2ccccc2)n1. The maximum Gasteiger partial charge on any atom is 0.243 e. The number of benzene rings is 2. The van der Waals surface area contributed by atoms with E-state index in [-0.39, 0.29) is 35.3 Å². The van der Waals surface area contributed by atoms with Gasteiger partial charge in [-0.25, -0.2) is 13.4 Å². The summed E-state index contributed by atoms with van der Waals surface area (Å²) in [5, 5.41) is 10.1. The highest BCUT2D eigenvalue weighted by Crippen LogP contribution is 2.29. The van der Waals surface area contributed by atoms with Crippen molar-refractivity contribution in [2.45, 2.75) is 10.1 Å². The summed E-state index contributed by atoms with van der Waals surface area (Å²) in [6, 6.07) is 13.9. The maximum atomic E-state index is 12.9. The van der Waals surface area contributed by atoms with Gasteiger partial charge < -0.3 is 14.8 Å². The molecule has 3 aromatic rings. The average Bonchev–Trinajstić information content (AvgIpc) is 3.33. The number of aromatic nitrogens is 3. The summed E-state index contributed by atoms with van der Waals surface area (Å²) in [6.07, 6.45) is 0. The summed E-state index contributed by atoms with van der Waals surface area (Å²) >= 11 is 1.16. The third-order valence-electron chi connectivity index (χ3n) is 4.90. The predicted octanol–water partition coefficient (Wildman–Crippen LogP) is 2.23. The molecule has 1 aliphatic rings. The van der Waals surface area contributed by atoms with Crippen molar-refractivity contribution in [1.29, 1.82) is 0 Å². The Balaban J connectivity index is 1.43. The minimum Gasteiger partial charge on any atom is -0.495 e. The van der Waals surface area contributed by atoms with E-state index in [2.05, 4.69) is 20.5 Å². The fourth-order valence-electron chi connectivity index (χ4n) is 3.23. The minimum absolute atomic E-state index is 0.0374. The molecule has 2 heterocycles. The van der Waals surface area contributed by atoms with Crippen LogP contribution in [0.2, 0.25) is 0 Å². The number of hydrogen-bond acceptors (Lipinski definition) is 8. The molecule has 1 aromatic heterocycles. The van der Waals surface area contributed by atoms with E-state index in [9.17, 15) is 13.2 Å². The van der Waals surface area contributed by atoms with Gasteiger partial charge in [0, 0.05) is 18.7 Å². The van der Waals surface area contributed by atoms with Crippen molar-refractivity contribution < 1.29 is 22.7 Å². The van der Waals surface area contributed by atoms with Gasteiger partial charge in [0.2, 0.25) is 21.1 Å². The maximum absolute atomic E-state index is 12.9. The number of carbonyl (C=O) groups excluding carboxylic acids is 1. The van der Waals surface area contributed by atoms with Crippen molar-refractivity contribution >= 4 is 33.4 Å². The molecule has 0 radical (unpaired) electrons. The standard InChI is InChI=1S/C21H23N5O5S2/c1-30-18-8-7-16(33(28,29)26-9-11-31-12-10-26)13-17(18)22-19(27)14-32-21-23-20(24-25-21)15-5-3-2-4-6-15/h2-8,13H,9-12,14H2,1H3,(H,22,27)(H,23,24,25). The lowest BCUT2D eigenvalue weighted by molar-refractivity contribution is -0.113. The van der Waals surface area contributed by atoms with E-state index in [4.69, 9.17) is 9.47 Å². The van der Waals surface area contributed by atoms with Gasteiger partial charge in [-0.15, -0.1) is 5.10 Å². The van der Waals surface area contributed by atoms with Crippen LogP contribution in [0.15, 0.2) is 58.6 Å². The van der Waals surface area contributed by atoms with Gasteiger partial charge in [0.1, 0.15) is 5.75 Å². The molecule has 0 aliphatic carbocycles. The second-order valence-electron chi connectivity index (χ2n) is 7.05. The Morgan fingerprint density at radius 3 is 2.70 bits per heavy atom. The van der Waals surface area contributed by atoms with Crippen LogP contribution in [-0.4, -0.2) is 73.0 Å². The monoisotopic (exact) mass is 489 g/mol. The largest absolute Gasteiger partial charge is 0.495 e. The van der Waals surface area contributed by atoms with Gasteiger partial charge in [-0.3, -0.25) is 9.89 Å². The molecule has 4 rings (SSSR count). The van der Waals surface area contributed by atoms with E-state index in [0.717, 1.165) is 17.3 Å². The Morgan fingerprint density at radius 2 is 1.97 bits per heavy atom. The lowest BCUT2D eigenvalue weighted by Gasteiger charge is -2.26. The number of ether oxygens (including phenoxy) is 2. The first-order chi connectivity index (χ1) is 16.0. The quantitative estimate of drug-likeness (QED) is 0.461. The normalized spacial score (nSPS) is 14.7. The first kappa shape index (κ1) is 23.2. The lowest BCUT2D eigenvalue weighted by Crippen LogP contribution is -2.40. The molecule has 174 valence electrons. The molecule has 2 N–H and O–H groups in total. The highest BCUT2D eigenvalue weighted by Gasteiger charge is 2.27. The van der Waals surface area contributed by atoms with Gasteiger partial charge >= 0.3 is 0 Å². The van der Waals surface area contributed by atoms with Crippen LogP contribution in [-0.2, 0) is 19.6 Å². The van der Waals surface area contributed by atoms with Gasteiger partial charge in [-0.05, 0) is 18.2 Å². The van der Waals surface area contributed by atoms with E-state index >= 15 is 0 Å². The predicted molar refractivity (Wildman–Crippen MR) is 124 cm³/mol. The zero-order chi connectivity index (χ0) is 23.3. The zero-order valence-electron chi connectivity index (χ0n) is 17.9. The fraction of sp³-hybridized carbons (Fsp3) is 0.286. The van der Waals surface area contributed by atoms with E-state index < -0.39 is 10.0 Å². The van der Waals surface area contributed by atoms with Crippen molar-refractivity contribution in [2.24, 2.45) is 0 Å². The first-order valence-electron chi connectivity index (χ1n) is 10.1. The molecule has 1 saturated heterocycles. The Bertz CT molecular complexity index is 1210. The van der Waals surface area contributed by atoms with Crippen molar-refractivity contribution in [2.75, 3.05) is 44.5 Å². The van der Waals surface area contributed by atoms with Crippen LogP contribution in [0.1, 0.15) is 0 Å². The molecule has 1 aliphatic heterocycles. The Morgan fingerprint density at radius 1 is 1.21 bits per heavy atom. The van der Waals surface area contributed by atoms with E-state index in [0.29, 0.717) is 29.9 Å². The molecular formula is C21H23N5O5S2. The Labute approximate surface area is 195 Å². The number of thioether (sulfide) groups is 1. The number of nitrogens with zero attached hydrogens (tertiary/aromatic N) is 3. The first-order valence-corrected chi connectivity index (χ1v) is 12.6. The van der Waals surface area contributed by atoms with Crippen molar-refractivity contribution in [3.63, 3.8) is 0 Å². The highest BCUT2D eigenvalue weighted by atomic mass is 32.2. The number of aromatic amines is 1. The van der Waals surface area contributed by atoms with Crippen molar-refractivity contribution in [1.82, 2.24) is 19.5 Å². The average molecular weight is 490 g/mol. The smallest absolute Gasteiger partial charge is 0.243 e. The molecule has 0 bridgehead atoms. The molecule has 0 unspecified atom stereocenters. The molecule has 0 spiro atoms. The van der Waals surface area contributed by atoms with Gasteiger partial charge in [-0.2, -0.15) is 4.31 Å². The third kappa shape index (κ3) is 5.53. The van der Waals surface area contributed by atoms with Crippen LogP contribution >= 0.6 is 11.8 Å². The Kier molecular flexibility index (Phi) is 7.28. The summed E-state index contributed by atoms with van der Waals surface area (Å²) < 4.78 is 37.8. The topological polar surface area (TPSA) is 127 Å². The number of hydrogen-bond donors (Lipinski definition) is 2. The minimum atomic E-state index is -3.71. The van der Waals surface area contributed by atoms with Crippen LogP contribution in [0.4, 0.5) is 5.69 Å². The number of sulfonamides is 1. The number of anilines is 1. The van der Waals surface area contributed by atoms with Crippen LogP contribution in [0.25, 0.3) is 11.4 Å². The lowest BCUT2D eigenvalue weighted by atomic mass is 10.2. The Hall–Kier alpha value is -2.93. The van der Waals surface area contributed by atoms with Crippen molar-refractivity contribution in [3.8, 4) is 17.1 Å². The molecule has 2 aromatic carbocycles. The van der Waals surface area contributed by atoms with Crippen LogP contribution in [0.3, 0.4) is 0 Å². The van der Waals surface area contributed by atoms with Gasteiger partial charge in [0.05, 0.1) is 36.7 Å². The third-order valence-corrected chi connectivity index (χ3v) is 7.64. The van der Waals surface area contributed by atoms with Crippen LogP contribution in [0, 0.1) is 0 Å². The number of nitrogens with one attached hydrogen (secondary N) is 2. The second kappa shape index (κ2) is 10.3. The number of methoxy groups -OCH3 is 1. The summed E-state index contributed by atoms with van der Waals surface area (Å²) in [6.45, 7) is 1.27. The molecule has 0 saturated carbocycles. The molecule has 33 heavy (non-hydrogen) atoms. The van der Waals surface area contributed by atoms with E-state index in [1.54, 1.807) is 0 Å². The number of carbonyl (C=O) groups is 1. The zero-order valence-corrected chi connectivity index (χ0v) is 19.5. The van der Waals surface area contributed by atoms with Gasteiger partial charge in [0.25, 0.3) is 0 Å². The fourth-order valence-corrected chi connectivity index (χ4v) is 5.27. The summed E-state index contributed by atoms with van der Waals surface area (Å²) in [4.78, 5) is 17.0. The number of morpholine rings is 1. The van der Waals surface area contributed by atoms with Gasteiger partial charge in [-0.1, -0.05) is 42.1 Å². The molecular weight excluding hydrogens is 466 g/mol. The highest BCUT2D eigenvalue weighted by molar-refractivity contribution is 7.99. The summed E-state index contributed by atoms with van der Waals surface area (Å²) in [5.41, 5.74) is 1.17. The van der Waals surface area contributed by atoms with Gasteiger partial charge in [0.15, 0.2) is 5.82 Å². The number of amides is 1. The van der Waals surface area contributed by atoms with Crippen LogP contribution in [0.5, 0.6) is 5.75 Å².